The van der Waals surface area contributed by atoms with Gasteiger partial charge < -0.3 is 10.0 Å². The summed E-state index contributed by atoms with van der Waals surface area (Å²) in [7, 11) is -3.94. The normalized spacial score (nSPS) is 38.4. The Hall–Kier alpha value is -1.97. The third-order valence-corrected chi connectivity index (χ3v) is 6.97. The standard InChI is InChI=1S/C10H12N4O5S/c1-5-7(15)14-6(9(16)17)10(2,13-4-3-11-12-13)20(18,19)8(5)14/h3-6,8H,1-2H3,(H,16,17)/t5?,6-,8-,10+/m0/s1. The first-order valence-electron chi connectivity index (χ1n) is 5.90. The van der Waals surface area contributed by atoms with Crippen LogP contribution in [0.15, 0.2) is 12.4 Å². The summed E-state index contributed by atoms with van der Waals surface area (Å²) in [6, 6.07) is -1.51. The van der Waals surface area contributed by atoms with Crippen molar-refractivity contribution in [2.75, 3.05) is 0 Å². The number of rotatable bonds is 2. The lowest BCUT2D eigenvalue weighted by Crippen LogP contribution is -2.62. The van der Waals surface area contributed by atoms with Crippen molar-refractivity contribution in [3.8, 4) is 0 Å². The molecule has 0 bridgehead atoms. The summed E-state index contributed by atoms with van der Waals surface area (Å²) >= 11 is 0. The van der Waals surface area contributed by atoms with E-state index in [0.717, 1.165) is 9.58 Å². The first kappa shape index (κ1) is 13.0. The zero-order chi connectivity index (χ0) is 14.9. The number of aliphatic carboxylic acids is 1. The molecule has 0 aromatic carbocycles. The minimum absolute atomic E-state index is 0.477. The summed E-state index contributed by atoms with van der Waals surface area (Å²) in [6.45, 7) is 2.74. The number of aromatic nitrogens is 3. The Bertz CT molecular complexity index is 699. The molecular formula is C10H12N4O5S. The van der Waals surface area contributed by atoms with Gasteiger partial charge in [-0.25, -0.2) is 17.9 Å². The molecule has 1 aromatic heterocycles. The molecule has 3 rings (SSSR count). The summed E-state index contributed by atoms with van der Waals surface area (Å²) in [5.74, 6) is -2.60. The van der Waals surface area contributed by atoms with Crippen molar-refractivity contribution < 1.29 is 23.1 Å². The van der Waals surface area contributed by atoms with Crippen LogP contribution in [0.2, 0.25) is 0 Å². The number of β-lactam (4-membered cyclic amide) rings is 1. The highest BCUT2D eigenvalue weighted by molar-refractivity contribution is 7.93. The van der Waals surface area contributed by atoms with Gasteiger partial charge in [-0.2, -0.15) is 0 Å². The minimum atomic E-state index is -3.94. The summed E-state index contributed by atoms with van der Waals surface area (Å²) in [5, 5.41) is 15.4. The van der Waals surface area contributed by atoms with Gasteiger partial charge in [-0.05, 0) is 6.92 Å². The Morgan fingerprint density at radius 3 is 2.65 bits per heavy atom. The molecule has 2 aliphatic rings. The van der Waals surface area contributed by atoms with E-state index < -0.39 is 43.9 Å². The van der Waals surface area contributed by atoms with Crippen LogP contribution in [-0.2, 0) is 24.3 Å². The first-order chi connectivity index (χ1) is 9.24. The molecule has 2 saturated heterocycles. The molecule has 0 spiro atoms. The van der Waals surface area contributed by atoms with Crippen molar-refractivity contribution in [2.45, 2.75) is 30.1 Å². The van der Waals surface area contributed by atoms with E-state index in [2.05, 4.69) is 10.3 Å². The Balaban J connectivity index is 2.27. The van der Waals surface area contributed by atoms with Crippen LogP contribution in [0, 0.1) is 5.92 Å². The predicted molar refractivity (Wildman–Crippen MR) is 63.8 cm³/mol. The van der Waals surface area contributed by atoms with Crippen molar-refractivity contribution >= 4 is 21.7 Å². The van der Waals surface area contributed by atoms with Crippen LogP contribution in [0.3, 0.4) is 0 Å². The molecule has 1 aromatic rings. The van der Waals surface area contributed by atoms with Gasteiger partial charge in [-0.1, -0.05) is 12.1 Å². The van der Waals surface area contributed by atoms with Gasteiger partial charge in [-0.3, -0.25) is 4.79 Å². The van der Waals surface area contributed by atoms with E-state index in [1.54, 1.807) is 0 Å². The number of amides is 1. The molecule has 10 heteroatoms. The summed E-state index contributed by atoms with van der Waals surface area (Å²) in [5.41, 5.74) is 0. The summed E-state index contributed by atoms with van der Waals surface area (Å²) in [6.07, 6.45) is 2.55. The maximum atomic E-state index is 12.7. The van der Waals surface area contributed by atoms with E-state index in [9.17, 15) is 23.1 Å². The second kappa shape index (κ2) is 3.57. The molecule has 0 aliphatic carbocycles. The molecule has 1 unspecified atom stereocenters. The van der Waals surface area contributed by atoms with Crippen LogP contribution in [0.4, 0.5) is 0 Å². The SMILES string of the molecule is CC1C(=O)N2[C@@H](C(=O)O)[C@](C)(n3ccnn3)S(=O)(=O)[C@@H]12. The molecule has 9 nitrogen and oxygen atoms in total. The van der Waals surface area contributed by atoms with Crippen molar-refractivity contribution in [3.63, 3.8) is 0 Å². The molecule has 2 aliphatic heterocycles. The van der Waals surface area contributed by atoms with Crippen LogP contribution in [-0.4, -0.2) is 56.7 Å². The molecule has 1 amide bonds. The fourth-order valence-electron chi connectivity index (χ4n) is 3.04. The van der Waals surface area contributed by atoms with Gasteiger partial charge in [0.05, 0.1) is 12.1 Å². The number of nitrogens with zero attached hydrogens (tertiary/aromatic N) is 4. The van der Waals surface area contributed by atoms with Gasteiger partial charge in [-0.15, -0.1) is 5.10 Å². The van der Waals surface area contributed by atoms with Crippen molar-refractivity contribution in [1.82, 2.24) is 19.9 Å². The molecule has 0 saturated carbocycles. The van der Waals surface area contributed by atoms with E-state index in [0.29, 0.717) is 0 Å². The van der Waals surface area contributed by atoms with Crippen LogP contribution in [0.25, 0.3) is 0 Å². The number of hydrogen-bond donors (Lipinski definition) is 1. The highest BCUT2D eigenvalue weighted by Crippen LogP contribution is 2.50. The Labute approximate surface area is 114 Å². The Morgan fingerprint density at radius 1 is 1.50 bits per heavy atom. The predicted octanol–water partition coefficient (Wildman–Crippen LogP) is -1.36. The zero-order valence-electron chi connectivity index (χ0n) is 10.7. The Kier molecular flexibility index (Phi) is 2.32. The lowest BCUT2D eigenvalue weighted by Gasteiger charge is -2.40. The number of carboxylic acids is 1. The third-order valence-electron chi connectivity index (χ3n) is 4.14. The van der Waals surface area contributed by atoms with E-state index >= 15 is 0 Å². The molecule has 20 heavy (non-hydrogen) atoms. The van der Waals surface area contributed by atoms with Crippen molar-refractivity contribution in [3.05, 3.63) is 12.4 Å². The van der Waals surface area contributed by atoms with Crippen molar-refractivity contribution in [1.29, 1.82) is 0 Å². The molecule has 4 atom stereocenters. The van der Waals surface area contributed by atoms with Gasteiger partial charge in [0, 0.05) is 6.20 Å². The van der Waals surface area contributed by atoms with Crippen molar-refractivity contribution in [2.24, 2.45) is 5.92 Å². The highest BCUT2D eigenvalue weighted by Gasteiger charge is 2.74. The average molecular weight is 300 g/mol. The third kappa shape index (κ3) is 1.15. The number of fused-ring (bicyclic) bond motifs is 1. The second-order valence-corrected chi connectivity index (χ2v) is 7.51. The maximum absolute atomic E-state index is 12.7. The van der Waals surface area contributed by atoms with Crippen LogP contribution in [0.1, 0.15) is 13.8 Å². The van der Waals surface area contributed by atoms with Gasteiger partial charge in [0.25, 0.3) is 0 Å². The van der Waals surface area contributed by atoms with E-state index in [4.69, 9.17) is 0 Å². The number of hydrogen-bond acceptors (Lipinski definition) is 6. The maximum Gasteiger partial charge on any atom is 0.330 e. The minimum Gasteiger partial charge on any atom is -0.480 e. The molecule has 1 N–H and O–H groups in total. The van der Waals surface area contributed by atoms with Gasteiger partial charge >= 0.3 is 5.97 Å². The fraction of sp³-hybridized carbons (Fsp3) is 0.600. The van der Waals surface area contributed by atoms with Gasteiger partial charge in [0.2, 0.25) is 5.91 Å². The second-order valence-electron chi connectivity index (χ2n) is 5.11. The summed E-state index contributed by atoms with van der Waals surface area (Å²) in [4.78, 5) is 22.4. The monoisotopic (exact) mass is 300 g/mol. The quantitative estimate of drug-likeness (QED) is 0.669. The molecule has 0 radical (unpaired) electrons. The number of carboxylic acid groups (broad SMARTS) is 1. The summed E-state index contributed by atoms with van der Waals surface area (Å²) < 4.78 is 26.4. The smallest absolute Gasteiger partial charge is 0.330 e. The van der Waals surface area contributed by atoms with Gasteiger partial charge in [0.15, 0.2) is 20.8 Å². The molecule has 3 heterocycles. The van der Waals surface area contributed by atoms with Crippen LogP contribution < -0.4 is 0 Å². The first-order valence-corrected chi connectivity index (χ1v) is 7.44. The largest absolute Gasteiger partial charge is 0.480 e. The van der Waals surface area contributed by atoms with Crippen LogP contribution in [0.5, 0.6) is 0 Å². The molecule has 108 valence electrons. The molecular weight excluding hydrogens is 288 g/mol. The van der Waals surface area contributed by atoms with E-state index in [-0.39, 0.29) is 0 Å². The van der Waals surface area contributed by atoms with E-state index in [1.807, 2.05) is 0 Å². The zero-order valence-corrected chi connectivity index (χ0v) is 11.5. The average Bonchev–Trinajstić information content (AvgIpc) is 2.94. The van der Waals surface area contributed by atoms with Crippen LogP contribution >= 0.6 is 0 Å². The molecule has 2 fully saturated rings. The Morgan fingerprint density at radius 2 is 2.15 bits per heavy atom. The fourth-order valence-corrected chi connectivity index (χ4v) is 5.59. The topological polar surface area (TPSA) is 122 Å². The van der Waals surface area contributed by atoms with E-state index in [1.165, 1.54) is 26.2 Å². The number of sulfone groups is 1. The lowest BCUT2D eigenvalue weighted by atomic mass is 9.95. The number of carbonyl (C=O) groups excluding carboxylic acids is 1. The van der Waals surface area contributed by atoms with Gasteiger partial charge in [0.1, 0.15) is 5.37 Å². The number of carbonyl (C=O) groups is 2. The highest BCUT2D eigenvalue weighted by atomic mass is 32.2. The lowest BCUT2D eigenvalue weighted by molar-refractivity contribution is -0.164.